The van der Waals surface area contributed by atoms with Crippen molar-refractivity contribution < 1.29 is 19.4 Å². The number of nitrogens with two attached hydrogens (primary N) is 1. The fraction of sp³-hybridized carbons (Fsp3) is 0.533. The molecule has 6 heteroatoms. The van der Waals surface area contributed by atoms with Crippen molar-refractivity contribution in [2.45, 2.75) is 18.9 Å². The first-order valence-corrected chi connectivity index (χ1v) is 7.11. The second-order valence-corrected chi connectivity index (χ2v) is 5.04. The van der Waals surface area contributed by atoms with Crippen molar-refractivity contribution in [2.75, 3.05) is 39.1 Å². The summed E-state index contributed by atoms with van der Waals surface area (Å²) in [4.78, 5) is 14.2. The molecule has 0 saturated carbocycles. The van der Waals surface area contributed by atoms with E-state index in [1.54, 1.807) is 30.2 Å². The molecule has 1 aliphatic heterocycles. The Kier molecular flexibility index (Phi) is 5.41. The van der Waals surface area contributed by atoms with E-state index < -0.39 is 0 Å². The molecule has 0 radical (unpaired) electrons. The summed E-state index contributed by atoms with van der Waals surface area (Å²) in [6.07, 6.45) is 1.71. The summed E-state index contributed by atoms with van der Waals surface area (Å²) in [6.45, 7) is 1.69. The highest BCUT2D eigenvalue weighted by molar-refractivity contribution is 5.95. The van der Waals surface area contributed by atoms with Crippen molar-refractivity contribution >= 4 is 11.6 Å². The van der Waals surface area contributed by atoms with Crippen LogP contribution in [0.4, 0.5) is 5.69 Å². The van der Waals surface area contributed by atoms with E-state index in [0.29, 0.717) is 36.7 Å². The molecule has 21 heavy (non-hydrogen) atoms. The van der Waals surface area contributed by atoms with Crippen LogP contribution in [0.25, 0.3) is 0 Å². The third-order valence-electron chi connectivity index (χ3n) is 3.65. The zero-order valence-corrected chi connectivity index (χ0v) is 12.2. The van der Waals surface area contributed by atoms with Gasteiger partial charge in [-0.1, -0.05) is 0 Å². The van der Waals surface area contributed by atoms with Gasteiger partial charge in [0.05, 0.1) is 32.1 Å². The molecule has 1 amide bonds. The number of nitrogens with zero attached hydrogens (tertiary/aromatic N) is 1. The lowest BCUT2D eigenvalue weighted by Crippen LogP contribution is -2.41. The van der Waals surface area contributed by atoms with Crippen LogP contribution < -0.4 is 10.5 Å². The topological polar surface area (TPSA) is 85.0 Å². The maximum atomic E-state index is 12.4. The monoisotopic (exact) mass is 294 g/mol. The Morgan fingerprint density at radius 3 is 2.71 bits per heavy atom. The summed E-state index contributed by atoms with van der Waals surface area (Å²) in [5.74, 6) is 0.549. The molecule has 0 bridgehead atoms. The molecular formula is C15H22N2O4. The number of aliphatic hydroxyl groups is 1. The fourth-order valence-corrected chi connectivity index (χ4v) is 2.49. The number of nitrogen functional groups attached to an aromatic ring is 1. The Bertz CT molecular complexity index is 485. The Balaban J connectivity index is 1.94. The van der Waals surface area contributed by atoms with Crippen LogP contribution >= 0.6 is 0 Å². The van der Waals surface area contributed by atoms with Crippen molar-refractivity contribution in [2.24, 2.45) is 0 Å². The highest BCUT2D eigenvalue weighted by atomic mass is 16.5. The largest absolute Gasteiger partial charge is 0.495 e. The lowest BCUT2D eigenvalue weighted by molar-refractivity contribution is -0.00554. The van der Waals surface area contributed by atoms with E-state index in [1.165, 1.54) is 0 Å². The van der Waals surface area contributed by atoms with Gasteiger partial charge in [0.1, 0.15) is 5.75 Å². The second-order valence-electron chi connectivity index (χ2n) is 5.04. The first kappa shape index (κ1) is 15.6. The molecule has 1 saturated heterocycles. The Morgan fingerprint density at radius 2 is 2.14 bits per heavy atom. The van der Waals surface area contributed by atoms with Gasteiger partial charge in [-0.3, -0.25) is 4.79 Å². The van der Waals surface area contributed by atoms with Gasteiger partial charge in [-0.05, 0) is 31.0 Å². The van der Waals surface area contributed by atoms with E-state index in [0.717, 1.165) is 12.8 Å². The number of amides is 1. The van der Waals surface area contributed by atoms with Gasteiger partial charge in [-0.25, -0.2) is 0 Å². The van der Waals surface area contributed by atoms with Gasteiger partial charge in [0, 0.05) is 18.7 Å². The van der Waals surface area contributed by atoms with E-state index in [2.05, 4.69) is 0 Å². The Morgan fingerprint density at radius 1 is 1.43 bits per heavy atom. The van der Waals surface area contributed by atoms with Crippen LogP contribution in [-0.2, 0) is 4.74 Å². The summed E-state index contributed by atoms with van der Waals surface area (Å²) in [5, 5.41) is 8.74. The molecule has 1 aromatic rings. The average molecular weight is 294 g/mol. The van der Waals surface area contributed by atoms with E-state index >= 15 is 0 Å². The van der Waals surface area contributed by atoms with Crippen LogP contribution in [0.15, 0.2) is 18.2 Å². The molecule has 2 rings (SSSR count). The van der Waals surface area contributed by atoms with Crippen LogP contribution in [0.5, 0.6) is 5.75 Å². The number of rotatable bonds is 5. The van der Waals surface area contributed by atoms with Crippen molar-refractivity contribution in [1.29, 1.82) is 0 Å². The first-order valence-electron chi connectivity index (χ1n) is 7.11. The predicted molar refractivity (Wildman–Crippen MR) is 79.4 cm³/mol. The summed E-state index contributed by atoms with van der Waals surface area (Å²) >= 11 is 0. The number of ether oxygens (including phenoxy) is 2. The van der Waals surface area contributed by atoms with Gasteiger partial charge in [0.25, 0.3) is 5.91 Å². The van der Waals surface area contributed by atoms with E-state index in [-0.39, 0.29) is 18.6 Å². The molecule has 116 valence electrons. The maximum absolute atomic E-state index is 12.4. The average Bonchev–Trinajstić information content (AvgIpc) is 2.52. The van der Waals surface area contributed by atoms with Crippen LogP contribution in [0, 0.1) is 0 Å². The lowest BCUT2D eigenvalue weighted by atomic mass is 10.1. The van der Waals surface area contributed by atoms with Crippen molar-refractivity contribution in [3.8, 4) is 5.75 Å². The van der Waals surface area contributed by atoms with Crippen molar-refractivity contribution in [1.82, 2.24) is 4.90 Å². The van der Waals surface area contributed by atoms with Crippen LogP contribution in [0.1, 0.15) is 23.2 Å². The van der Waals surface area contributed by atoms with Crippen molar-refractivity contribution in [3.63, 3.8) is 0 Å². The predicted octanol–water partition coefficient (Wildman–Crippen LogP) is 0.891. The molecule has 1 fully saturated rings. The van der Waals surface area contributed by atoms with Crippen molar-refractivity contribution in [3.05, 3.63) is 23.8 Å². The number of hydrogen-bond acceptors (Lipinski definition) is 5. The van der Waals surface area contributed by atoms with Crippen LogP contribution in [0.3, 0.4) is 0 Å². The van der Waals surface area contributed by atoms with E-state index in [1.807, 2.05) is 0 Å². The number of methoxy groups -OCH3 is 1. The second kappa shape index (κ2) is 7.28. The minimum absolute atomic E-state index is 0.0232. The molecule has 0 spiro atoms. The third-order valence-corrected chi connectivity index (χ3v) is 3.65. The summed E-state index contributed by atoms with van der Waals surface area (Å²) in [6, 6.07) is 5.08. The minimum Gasteiger partial charge on any atom is -0.495 e. The van der Waals surface area contributed by atoms with Crippen LogP contribution in [0.2, 0.25) is 0 Å². The number of piperidine rings is 1. The summed E-state index contributed by atoms with van der Waals surface area (Å²) in [7, 11) is 1.55. The van der Waals surface area contributed by atoms with Gasteiger partial charge >= 0.3 is 0 Å². The number of carbonyl (C=O) groups excluding carboxylic acids is 1. The highest BCUT2D eigenvalue weighted by Crippen LogP contribution is 2.23. The molecule has 1 heterocycles. The third kappa shape index (κ3) is 3.86. The number of anilines is 1. The molecule has 0 atom stereocenters. The van der Waals surface area contributed by atoms with Gasteiger partial charge in [-0.15, -0.1) is 0 Å². The number of benzene rings is 1. The molecule has 1 aromatic carbocycles. The number of aliphatic hydroxyl groups excluding tert-OH is 1. The maximum Gasteiger partial charge on any atom is 0.253 e. The number of carbonyl (C=O) groups is 1. The number of hydrogen-bond donors (Lipinski definition) is 2. The SMILES string of the molecule is COc1ccc(C(=O)N2CCC(OCCO)CC2)cc1N. The lowest BCUT2D eigenvalue weighted by Gasteiger charge is -2.32. The Hall–Kier alpha value is -1.79. The zero-order valence-electron chi connectivity index (χ0n) is 12.2. The molecule has 0 aromatic heterocycles. The molecule has 0 aliphatic carbocycles. The standard InChI is InChI=1S/C15H22N2O4/c1-20-14-3-2-11(10-13(14)16)15(19)17-6-4-12(5-7-17)21-9-8-18/h2-3,10,12,18H,4-9,16H2,1H3. The van der Waals surface area contributed by atoms with E-state index in [9.17, 15) is 4.79 Å². The number of likely N-dealkylation sites (tertiary alicyclic amines) is 1. The molecule has 1 aliphatic rings. The van der Waals surface area contributed by atoms with Crippen LogP contribution in [-0.4, -0.2) is 55.4 Å². The van der Waals surface area contributed by atoms with Gasteiger partial charge in [-0.2, -0.15) is 0 Å². The highest BCUT2D eigenvalue weighted by Gasteiger charge is 2.24. The molecule has 0 unspecified atom stereocenters. The normalized spacial score (nSPS) is 16.0. The molecule has 3 N–H and O–H groups in total. The van der Waals surface area contributed by atoms with Gasteiger partial charge in [0.15, 0.2) is 0 Å². The quantitative estimate of drug-likeness (QED) is 0.788. The minimum atomic E-state index is -0.0232. The smallest absolute Gasteiger partial charge is 0.253 e. The van der Waals surface area contributed by atoms with Gasteiger partial charge in [0.2, 0.25) is 0 Å². The summed E-state index contributed by atoms with van der Waals surface area (Å²) in [5.41, 5.74) is 6.87. The molecule has 6 nitrogen and oxygen atoms in total. The molecular weight excluding hydrogens is 272 g/mol. The summed E-state index contributed by atoms with van der Waals surface area (Å²) < 4.78 is 10.6. The van der Waals surface area contributed by atoms with Gasteiger partial charge < -0.3 is 25.2 Å². The zero-order chi connectivity index (χ0) is 15.2. The Labute approximate surface area is 124 Å². The fourth-order valence-electron chi connectivity index (χ4n) is 2.49. The first-order chi connectivity index (χ1) is 10.2. The van der Waals surface area contributed by atoms with E-state index in [4.69, 9.17) is 20.3 Å².